The van der Waals surface area contributed by atoms with Crippen molar-refractivity contribution in [1.29, 1.82) is 0 Å². The summed E-state index contributed by atoms with van der Waals surface area (Å²) in [6, 6.07) is 14.4. The molecule has 0 amide bonds. The summed E-state index contributed by atoms with van der Waals surface area (Å²) in [5, 5.41) is 17.1. The first-order valence-electron chi connectivity index (χ1n) is 10.7. The van der Waals surface area contributed by atoms with Gasteiger partial charge >= 0.3 is 0 Å². The lowest BCUT2D eigenvalue weighted by Crippen LogP contribution is -2.09. The van der Waals surface area contributed by atoms with E-state index in [1.165, 1.54) is 31.1 Å². The zero-order valence-electron chi connectivity index (χ0n) is 17.7. The van der Waals surface area contributed by atoms with Crippen LogP contribution >= 0.6 is 0 Å². The fourth-order valence-electron chi connectivity index (χ4n) is 4.30. The number of rotatable bonds is 7. The van der Waals surface area contributed by atoms with E-state index >= 15 is 0 Å². The number of aliphatic hydroxyl groups excluding tert-OH is 1. The molecule has 2 N–H and O–H groups in total. The third-order valence-electron chi connectivity index (χ3n) is 5.92. The fraction of sp³-hybridized carbons (Fsp3) is 0.375. The average Bonchev–Trinajstić information content (AvgIpc) is 3.22. The van der Waals surface area contributed by atoms with Crippen LogP contribution in [0.2, 0.25) is 0 Å². The molecule has 1 heterocycles. The minimum Gasteiger partial charge on any atom is -0.487 e. The first-order valence-corrected chi connectivity index (χ1v) is 12.5. The molecule has 1 aliphatic rings. The van der Waals surface area contributed by atoms with Gasteiger partial charge in [-0.05, 0) is 54.2 Å². The molecule has 0 radical (unpaired) electrons. The number of nitrogens with zero attached hydrogens (tertiary/aromatic N) is 1. The van der Waals surface area contributed by atoms with E-state index in [0.717, 1.165) is 35.4 Å². The molecule has 1 aromatic heterocycles. The second-order valence-electron chi connectivity index (χ2n) is 8.18. The predicted molar refractivity (Wildman–Crippen MR) is 120 cm³/mol. The van der Waals surface area contributed by atoms with Crippen molar-refractivity contribution in [2.45, 2.75) is 56.1 Å². The Morgan fingerprint density at radius 3 is 2.52 bits per heavy atom. The van der Waals surface area contributed by atoms with E-state index < -0.39 is 9.84 Å². The molecule has 2 aromatic carbocycles. The smallest absolute Gasteiger partial charge is 0.175 e. The van der Waals surface area contributed by atoms with Crippen LogP contribution in [0.25, 0.3) is 11.3 Å². The number of aromatic nitrogens is 2. The van der Waals surface area contributed by atoms with Crippen molar-refractivity contribution in [2.75, 3.05) is 6.26 Å². The summed E-state index contributed by atoms with van der Waals surface area (Å²) in [7, 11) is -3.24. The van der Waals surface area contributed by atoms with Gasteiger partial charge in [0.2, 0.25) is 0 Å². The summed E-state index contributed by atoms with van der Waals surface area (Å²) >= 11 is 0. The Hall–Kier alpha value is -2.64. The Morgan fingerprint density at radius 1 is 1.10 bits per heavy atom. The molecule has 0 aliphatic heterocycles. The van der Waals surface area contributed by atoms with Crippen LogP contribution in [0.1, 0.15) is 54.8 Å². The SMILES string of the molecule is CS(=O)(=O)c1ccc(-c2[nH]nc(COc3cccc(CO)c3)c2C2CCCCC2)cc1. The van der Waals surface area contributed by atoms with Gasteiger partial charge < -0.3 is 9.84 Å². The zero-order valence-corrected chi connectivity index (χ0v) is 18.5. The topological polar surface area (TPSA) is 92.3 Å². The van der Waals surface area contributed by atoms with Crippen LogP contribution in [0.5, 0.6) is 5.75 Å². The molecule has 1 fully saturated rings. The molecule has 0 unspecified atom stereocenters. The van der Waals surface area contributed by atoms with Gasteiger partial charge in [0, 0.05) is 11.8 Å². The second-order valence-corrected chi connectivity index (χ2v) is 10.2. The summed E-state index contributed by atoms with van der Waals surface area (Å²) in [4.78, 5) is 0.308. The molecule has 3 aromatic rings. The molecule has 0 spiro atoms. The number of nitrogens with one attached hydrogen (secondary N) is 1. The second kappa shape index (κ2) is 9.24. The number of aromatic amines is 1. The van der Waals surface area contributed by atoms with Gasteiger partial charge in [0.1, 0.15) is 18.1 Å². The molecule has 31 heavy (non-hydrogen) atoms. The van der Waals surface area contributed by atoms with Crippen LogP contribution in [-0.2, 0) is 23.1 Å². The highest BCUT2D eigenvalue weighted by Crippen LogP contribution is 2.39. The predicted octanol–water partition coefficient (Wildman–Crippen LogP) is 4.60. The van der Waals surface area contributed by atoms with Crippen LogP contribution in [0, 0.1) is 0 Å². The molecule has 0 atom stereocenters. The summed E-state index contributed by atoms with van der Waals surface area (Å²) in [6.45, 7) is 0.305. The Balaban J connectivity index is 1.65. The van der Waals surface area contributed by atoms with Crippen molar-refractivity contribution in [3.05, 3.63) is 65.4 Å². The van der Waals surface area contributed by atoms with Crippen LogP contribution in [0.4, 0.5) is 0 Å². The van der Waals surface area contributed by atoms with Gasteiger partial charge in [-0.3, -0.25) is 5.10 Å². The first kappa shape index (κ1) is 21.6. The van der Waals surface area contributed by atoms with E-state index in [9.17, 15) is 13.5 Å². The van der Waals surface area contributed by atoms with Gasteiger partial charge in [-0.15, -0.1) is 0 Å². The highest BCUT2D eigenvalue weighted by molar-refractivity contribution is 7.90. The normalized spacial score (nSPS) is 15.2. The highest BCUT2D eigenvalue weighted by atomic mass is 32.2. The number of hydrogen-bond donors (Lipinski definition) is 2. The summed E-state index contributed by atoms with van der Waals surface area (Å²) in [5.41, 5.74) is 4.72. The molecule has 0 saturated heterocycles. The summed E-state index contributed by atoms with van der Waals surface area (Å²) in [5.74, 6) is 1.10. The molecular weight excluding hydrogens is 412 g/mol. The fourth-order valence-corrected chi connectivity index (χ4v) is 4.93. The third kappa shape index (κ3) is 4.99. The number of sulfone groups is 1. The van der Waals surface area contributed by atoms with Crippen molar-refractivity contribution in [2.24, 2.45) is 0 Å². The number of ether oxygens (including phenoxy) is 1. The van der Waals surface area contributed by atoms with E-state index in [-0.39, 0.29) is 6.61 Å². The Morgan fingerprint density at radius 2 is 1.84 bits per heavy atom. The first-order chi connectivity index (χ1) is 15.0. The molecule has 4 rings (SSSR count). The molecular formula is C24H28N2O4S. The maximum atomic E-state index is 11.8. The summed E-state index contributed by atoms with van der Waals surface area (Å²) in [6.07, 6.45) is 7.09. The molecule has 1 aliphatic carbocycles. The third-order valence-corrected chi connectivity index (χ3v) is 7.05. The van der Waals surface area contributed by atoms with Gasteiger partial charge in [0.25, 0.3) is 0 Å². The lowest BCUT2D eigenvalue weighted by molar-refractivity contribution is 0.277. The Labute approximate surface area is 183 Å². The maximum absolute atomic E-state index is 11.8. The highest BCUT2D eigenvalue weighted by Gasteiger charge is 2.25. The van der Waals surface area contributed by atoms with Gasteiger partial charge in [0.05, 0.1) is 17.2 Å². The lowest BCUT2D eigenvalue weighted by Gasteiger charge is -2.23. The van der Waals surface area contributed by atoms with E-state index in [0.29, 0.717) is 23.2 Å². The molecule has 6 nitrogen and oxygen atoms in total. The molecule has 7 heteroatoms. The van der Waals surface area contributed by atoms with E-state index in [1.807, 2.05) is 36.4 Å². The Kier molecular flexibility index (Phi) is 6.43. The van der Waals surface area contributed by atoms with Gasteiger partial charge in [-0.2, -0.15) is 5.10 Å². The van der Waals surface area contributed by atoms with E-state index in [1.54, 1.807) is 12.1 Å². The number of hydrogen-bond acceptors (Lipinski definition) is 5. The largest absolute Gasteiger partial charge is 0.487 e. The standard InChI is InChI=1S/C24H28N2O4S/c1-31(28,29)21-12-10-19(11-13-21)24-23(18-7-3-2-4-8-18)22(25-26-24)16-30-20-9-5-6-17(14-20)15-27/h5-6,9-14,18,27H,2-4,7-8,15-16H2,1H3,(H,25,26). The maximum Gasteiger partial charge on any atom is 0.175 e. The minimum atomic E-state index is -3.24. The molecule has 164 valence electrons. The number of H-pyrrole nitrogens is 1. The van der Waals surface area contributed by atoms with Crippen molar-refractivity contribution in [3.63, 3.8) is 0 Å². The van der Waals surface area contributed by atoms with Gasteiger partial charge in [-0.1, -0.05) is 43.5 Å². The van der Waals surface area contributed by atoms with E-state index in [2.05, 4.69) is 10.2 Å². The molecule has 1 saturated carbocycles. The van der Waals surface area contributed by atoms with Crippen molar-refractivity contribution >= 4 is 9.84 Å². The van der Waals surface area contributed by atoms with E-state index in [4.69, 9.17) is 4.74 Å². The monoisotopic (exact) mass is 440 g/mol. The minimum absolute atomic E-state index is 0.0272. The van der Waals surface area contributed by atoms with Crippen LogP contribution in [-0.4, -0.2) is 30.0 Å². The van der Waals surface area contributed by atoms with Crippen LogP contribution in [0.15, 0.2) is 53.4 Å². The number of benzene rings is 2. The number of aliphatic hydroxyl groups is 1. The summed E-state index contributed by atoms with van der Waals surface area (Å²) < 4.78 is 29.6. The van der Waals surface area contributed by atoms with Crippen molar-refractivity contribution in [3.8, 4) is 17.0 Å². The van der Waals surface area contributed by atoms with Crippen molar-refractivity contribution in [1.82, 2.24) is 10.2 Å². The van der Waals surface area contributed by atoms with Crippen LogP contribution in [0.3, 0.4) is 0 Å². The van der Waals surface area contributed by atoms with Gasteiger partial charge in [0.15, 0.2) is 9.84 Å². The van der Waals surface area contributed by atoms with Crippen LogP contribution < -0.4 is 4.74 Å². The van der Waals surface area contributed by atoms with Crippen molar-refractivity contribution < 1.29 is 18.3 Å². The molecule has 0 bridgehead atoms. The van der Waals surface area contributed by atoms with Gasteiger partial charge in [-0.25, -0.2) is 8.42 Å². The Bertz CT molecular complexity index is 1130. The average molecular weight is 441 g/mol. The quantitative estimate of drug-likeness (QED) is 0.560. The zero-order chi connectivity index (χ0) is 21.8. The lowest BCUT2D eigenvalue weighted by atomic mass is 9.82.